The Balaban J connectivity index is 2.40. The van der Waals surface area contributed by atoms with Gasteiger partial charge in [0.05, 0.1) is 6.54 Å². The zero-order chi connectivity index (χ0) is 19.7. The van der Waals surface area contributed by atoms with Crippen LogP contribution >= 0.6 is 15.9 Å². The number of hydrogen-bond acceptors (Lipinski definition) is 2. The first-order chi connectivity index (χ1) is 13.2. The van der Waals surface area contributed by atoms with Crippen LogP contribution in [0.4, 0.5) is 0 Å². The van der Waals surface area contributed by atoms with Crippen molar-refractivity contribution in [3.05, 3.63) is 34.3 Å². The lowest BCUT2D eigenvalue weighted by atomic mass is 10.1. The number of benzene rings is 1. The van der Waals surface area contributed by atoms with Gasteiger partial charge in [-0.1, -0.05) is 106 Å². The molecule has 0 radical (unpaired) electrons. The summed E-state index contributed by atoms with van der Waals surface area (Å²) in [5, 5.41) is 0. The molecule has 3 heteroatoms. The van der Waals surface area contributed by atoms with Crippen molar-refractivity contribution in [3.63, 3.8) is 0 Å². The van der Waals surface area contributed by atoms with E-state index in [1.54, 1.807) is 0 Å². The summed E-state index contributed by atoms with van der Waals surface area (Å²) in [6.45, 7) is 7.20. The molecule has 1 aromatic carbocycles. The van der Waals surface area contributed by atoms with Gasteiger partial charge < -0.3 is 0 Å². The molecule has 0 saturated heterocycles. The number of nitrogens with zero attached hydrogens (tertiary/aromatic N) is 1. The average molecular weight is 438 g/mol. The fourth-order valence-corrected chi connectivity index (χ4v) is 3.70. The molecule has 0 N–H and O–H groups in total. The minimum Gasteiger partial charge on any atom is -0.296 e. The van der Waals surface area contributed by atoms with E-state index in [1.807, 2.05) is 24.3 Å². The van der Waals surface area contributed by atoms with E-state index in [4.69, 9.17) is 0 Å². The van der Waals surface area contributed by atoms with E-state index in [0.717, 1.165) is 23.1 Å². The maximum Gasteiger partial charge on any atom is 0.176 e. The van der Waals surface area contributed by atoms with Crippen molar-refractivity contribution in [1.82, 2.24) is 4.90 Å². The van der Waals surface area contributed by atoms with Crippen LogP contribution in [0.2, 0.25) is 0 Å². The van der Waals surface area contributed by atoms with Gasteiger partial charge in [-0.2, -0.15) is 0 Å². The quantitative estimate of drug-likeness (QED) is 0.184. The lowest BCUT2D eigenvalue weighted by Crippen LogP contribution is -2.32. The van der Waals surface area contributed by atoms with Crippen molar-refractivity contribution in [2.45, 2.75) is 90.9 Å². The molecular weight excluding hydrogens is 398 g/mol. The third-order valence-corrected chi connectivity index (χ3v) is 5.72. The van der Waals surface area contributed by atoms with Gasteiger partial charge in [0.25, 0.3) is 0 Å². The SMILES string of the molecule is CCCCCCCCN(CCCCCCCC)CC(=O)c1ccc(Br)cc1. The zero-order valence-corrected chi connectivity index (χ0v) is 19.2. The summed E-state index contributed by atoms with van der Waals surface area (Å²) in [6.07, 6.45) is 15.7. The van der Waals surface area contributed by atoms with Gasteiger partial charge in [-0.25, -0.2) is 0 Å². The number of rotatable bonds is 17. The summed E-state index contributed by atoms with van der Waals surface area (Å²) in [5.41, 5.74) is 0.828. The molecule has 0 amide bonds. The maximum absolute atomic E-state index is 12.7. The first-order valence-electron chi connectivity index (χ1n) is 11.2. The Bertz CT molecular complexity index is 470. The lowest BCUT2D eigenvalue weighted by Gasteiger charge is -2.21. The van der Waals surface area contributed by atoms with Gasteiger partial charge in [-0.05, 0) is 38.1 Å². The van der Waals surface area contributed by atoms with Crippen molar-refractivity contribution >= 4 is 21.7 Å². The molecule has 2 nitrogen and oxygen atoms in total. The fourth-order valence-electron chi connectivity index (χ4n) is 3.43. The Morgan fingerprint density at radius 3 is 1.67 bits per heavy atom. The largest absolute Gasteiger partial charge is 0.296 e. The first kappa shape index (κ1) is 24.4. The monoisotopic (exact) mass is 437 g/mol. The molecule has 154 valence electrons. The topological polar surface area (TPSA) is 20.3 Å². The number of hydrogen-bond donors (Lipinski definition) is 0. The van der Waals surface area contributed by atoms with Gasteiger partial charge >= 0.3 is 0 Å². The Labute approximate surface area is 176 Å². The van der Waals surface area contributed by atoms with Crippen LogP contribution in [0.1, 0.15) is 101 Å². The van der Waals surface area contributed by atoms with E-state index in [1.165, 1.54) is 77.0 Å². The number of Topliss-reactive ketones (excluding diaryl/α,β-unsaturated/α-hetero) is 1. The number of halogens is 1. The van der Waals surface area contributed by atoms with Crippen LogP contribution in [0, 0.1) is 0 Å². The third-order valence-electron chi connectivity index (χ3n) is 5.19. The van der Waals surface area contributed by atoms with Crippen molar-refractivity contribution < 1.29 is 4.79 Å². The van der Waals surface area contributed by atoms with Gasteiger partial charge in [0.15, 0.2) is 5.78 Å². The zero-order valence-electron chi connectivity index (χ0n) is 17.6. The van der Waals surface area contributed by atoms with Crippen molar-refractivity contribution in [2.75, 3.05) is 19.6 Å². The summed E-state index contributed by atoms with van der Waals surface area (Å²) < 4.78 is 1.02. The Morgan fingerprint density at radius 2 is 1.19 bits per heavy atom. The second-order valence-electron chi connectivity index (χ2n) is 7.74. The molecule has 1 rings (SSSR count). The summed E-state index contributed by atoms with van der Waals surface area (Å²) in [6, 6.07) is 7.78. The highest BCUT2D eigenvalue weighted by Gasteiger charge is 2.12. The molecule has 0 fully saturated rings. The summed E-state index contributed by atoms with van der Waals surface area (Å²) in [5.74, 6) is 0.250. The molecule has 0 saturated carbocycles. The van der Waals surface area contributed by atoms with Gasteiger partial charge in [0.1, 0.15) is 0 Å². The summed E-state index contributed by atoms with van der Waals surface area (Å²) in [4.78, 5) is 15.1. The third kappa shape index (κ3) is 12.4. The Morgan fingerprint density at radius 1 is 0.741 bits per heavy atom. The van der Waals surface area contributed by atoms with E-state index in [2.05, 4.69) is 34.7 Å². The number of ketones is 1. The fraction of sp³-hybridized carbons (Fsp3) is 0.708. The second-order valence-corrected chi connectivity index (χ2v) is 8.66. The molecule has 0 aliphatic rings. The van der Waals surface area contributed by atoms with Crippen LogP contribution in [0.25, 0.3) is 0 Å². The van der Waals surface area contributed by atoms with E-state index >= 15 is 0 Å². The lowest BCUT2D eigenvalue weighted by molar-refractivity contribution is 0.0927. The number of unbranched alkanes of at least 4 members (excludes halogenated alkanes) is 10. The van der Waals surface area contributed by atoms with Crippen LogP contribution in [0.3, 0.4) is 0 Å². The smallest absolute Gasteiger partial charge is 0.176 e. The van der Waals surface area contributed by atoms with Crippen LogP contribution in [-0.4, -0.2) is 30.3 Å². The first-order valence-corrected chi connectivity index (χ1v) is 12.0. The van der Waals surface area contributed by atoms with Crippen LogP contribution in [0.15, 0.2) is 28.7 Å². The number of carbonyl (C=O) groups excluding carboxylic acids is 1. The molecule has 0 spiro atoms. The van der Waals surface area contributed by atoms with E-state index in [0.29, 0.717) is 6.54 Å². The molecule has 0 bridgehead atoms. The van der Waals surface area contributed by atoms with Crippen molar-refractivity contribution in [1.29, 1.82) is 0 Å². The molecule has 0 aliphatic heterocycles. The Hall–Kier alpha value is -0.670. The van der Waals surface area contributed by atoms with Gasteiger partial charge in [0.2, 0.25) is 0 Å². The van der Waals surface area contributed by atoms with Crippen LogP contribution in [-0.2, 0) is 0 Å². The summed E-state index contributed by atoms with van der Waals surface area (Å²) in [7, 11) is 0. The van der Waals surface area contributed by atoms with E-state index in [9.17, 15) is 4.79 Å². The Kier molecular flexibility index (Phi) is 14.7. The predicted octanol–water partition coefficient (Wildman–Crippen LogP) is 7.65. The minimum atomic E-state index is 0.250. The van der Waals surface area contributed by atoms with Crippen LogP contribution < -0.4 is 0 Å². The molecule has 0 heterocycles. The van der Waals surface area contributed by atoms with Crippen molar-refractivity contribution in [3.8, 4) is 0 Å². The van der Waals surface area contributed by atoms with E-state index < -0.39 is 0 Å². The molecule has 0 unspecified atom stereocenters. The number of carbonyl (C=O) groups is 1. The highest BCUT2D eigenvalue weighted by Crippen LogP contribution is 2.13. The summed E-state index contributed by atoms with van der Waals surface area (Å²) >= 11 is 3.44. The van der Waals surface area contributed by atoms with E-state index in [-0.39, 0.29) is 5.78 Å². The van der Waals surface area contributed by atoms with Crippen molar-refractivity contribution in [2.24, 2.45) is 0 Å². The molecule has 0 aliphatic carbocycles. The molecular formula is C24H40BrNO. The van der Waals surface area contributed by atoms with Gasteiger partial charge in [0, 0.05) is 10.0 Å². The maximum atomic E-state index is 12.7. The molecule has 1 aromatic rings. The molecule has 0 aromatic heterocycles. The highest BCUT2D eigenvalue weighted by molar-refractivity contribution is 9.10. The second kappa shape index (κ2) is 16.3. The normalized spacial score (nSPS) is 11.3. The minimum absolute atomic E-state index is 0.250. The average Bonchev–Trinajstić information content (AvgIpc) is 2.67. The molecule has 27 heavy (non-hydrogen) atoms. The van der Waals surface area contributed by atoms with Gasteiger partial charge in [-0.3, -0.25) is 9.69 Å². The standard InChI is InChI=1S/C24H40BrNO/c1-3-5-7-9-11-13-19-26(20-14-12-10-8-6-4-2)21-24(27)22-15-17-23(25)18-16-22/h15-18H,3-14,19-21H2,1-2H3. The molecule has 0 atom stereocenters. The van der Waals surface area contributed by atoms with Gasteiger partial charge in [-0.15, -0.1) is 0 Å². The predicted molar refractivity (Wildman–Crippen MR) is 122 cm³/mol. The highest BCUT2D eigenvalue weighted by atomic mass is 79.9. The van der Waals surface area contributed by atoms with Crippen LogP contribution in [0.5, 0.6) is 0 Å².